The molecule has 23 heavy (non-hydrogen) atoms. The number of aromatic nitrogens is 1. The number of rotatable bonds is 4. The van der Waals surface area contributed by atoms with Gasteiger partial charge < -0.3 is 14.6 Å². The van der Waals surface area contributed by atoms with Crippen molar-refractivity contribution in [2.45, 2.75) is 45.8 Å². The molecule has 7 nitrogen and oxygen atoms in total. The fourth-order valence-electron chi connectivity index (χ4n) is 3.05. The summed E-state index contributed by atoms with van der Waals surface area (Å²) < 4.78 is 7.43. The standard InChI is InChI=1S/C16H21N3O4/c1-9-8-13(10(2)19(9)12-4-5-12)15(21)23-11(3)14(20)18-7-6-17-16(18)22/h8,11-12H,4-7H2,1-3H3,(H,17,22)/t11-/m0/s1. The summed E-state index contributed by atoms with van der Waals surface area (Å²) in [6.45, 7) is 6.07. The van der Waals surface area contributed by atoms with Crippen LogP contribution in [-0.4, -0.2) is 46.6 Å². The second-order valence-electron chi connectivity index (χ2n) is 6.16. The van der Waals surface area contributed by atoms with E-state index in [1.807, 2.05) is 13.8 Å². The van der Waals surface area contributed by atoms with Crippen molar-refractivity contribution in [3.8, 4) is 0 Å². The van der Waals surface area contributed by atoms with Gasteiger partial charge >= 0.3 is 12.0 Å². The number of ether oxygens (including phenoxy) is 1. The zero-order chi connectivity index (χ0) is 16.7. The van der Waals surface area contributed by atoms with Crippen molar-refractivity contribution in [1.82, 2.24) is 14.8 Å². The Labute approximate surface area is 134 Å². The lowest BCUT2D eigenvalue weighted by Crippen LogP contribution is -2.41. The zero-order valence-electron chi connectivity index (χ0n) is 13.6. The van der Waals surface area contributed by atoms with Gasteiger partial charge in [-0.1, -0.05) is 0 Å². The van der Waals surface area contributed by atoms with Crippen LogP contribution in [0.2, 0.25) is 0 Å². The largest absolute Gasteiger partial charge is 0.449 e. The smallest absolute Gasteiger partial charge is 0.340 e. The monoisotopic (exact) mass is 319 g/mol. The molecule has 3 rings (SSSR count). The van der Waals surface area contributed by atoms with Crippen LogP contribution in [0.3, 0.4) is 0 Å². The van der Waals surface area contributed by atoms with E-state index in [1.165, 1.54) is 6.92 Å². The number of carbonyl (C=O) groups excluding carboxylic acids is 3. The Morgan fingerprint density at radius 3 is 2.61 bits per heavy atom. The van der Waals surface area contributed by atoms with E-state index in [0.29, 0.717) is 24.7 Å². The van der Waals surface area contributed by atoms with Crippen molar-refractivity contribution in [3.05, 3.63) is 23.0 Å². The van der Waals surface area contributed by atoms with Crippen LogP contribution >= 0.6 is 0 Å². The molecule has 124 valence electrons. The third kappa shape index (κ3) is 2.83. The number of esters is 1. The molecule has 1 N–H and O–H groups in total. The Morgan fingerprint density at radius 1 is 1.35 bits per heavy atom. The molecule has 1 aromatic rings. The molecule has 1 aromatic heterocycles. The second kappa shape index (κ2) is 5.72. The van der Waals surface area contributed by atoms with Crippen LogP contribution in [-0.2, 0) is 9.53 Å². The van der Waals surface area contributed by atoms with Gasteiger partial charge in [0.1, 0.15) is 0 Å². The summed E-state index contributed by atoms with van der Waals surface area (Å²) in [6, 6.07) is 1.84. The summed E-state index contributed by atoms with van der Waals surface area (Å²) >= 11 is 0. The Hall–Kier alpha value is -2.31. The molecule has 2 fully saturated rings. The van der Waals surface area contributed by atoms with E-state index in [1.54, 1.807) is 6.07 Å². The van der Waals surface area contributed by atoms with Crippen molar-refractivity contribution in [2.24, 2.45) is 0 Å². The Balaban J connectivity index is 1.70. The van der Waals surface area contributed by atoms with Crippen LogP contribution in [0.25, 0.3) is 0 Å². The number of amides is 3. The van der Waals surface area contributed by atoms with Crippen molar-refractivity contribution < 1.29 is 19.1 Å². The van der Waals surface area contributed by atoms with Crippen molar-refractivity contribution >= 4 is 17.9 Å². The van der Waals surface area contributed by atoms with Crippen LogP contribution in [0.5, 0.6) is 0 Å². The van der Waals surface area contributed by atoms with E-state index in [2.05, 4.69) is 9.88 Å². The lowest BCUT2D eigenvalue weighted by atomic mass is 10.2. The van der Waals surface area contributed by atoms with E-state index in [0.717, 1.165) is 29.1 Å². The Bertz CT molecular complexity index is 675. The van der Waals surface area contributed by atoms with Gasteiger partial charge in [-0.15, -0.1) is 0 Å². The first-order valence-electron chi connectivity index (χ1n) is 7.88. The number of imide groups is 1. The van der Waals surface area contributed by atoms with Crippen LogP contribution in [0, 0.1) is 13.8 Å². The molecule has 0 bridgehead atoms. The van der Waals surface area contributed by atoms with Crippen molar-refractivity contribution in [1.29, 1.82) is 0 Å². The third-order valence-corrected chi connectivity index (χ3v) is 4.37. The molecule has 2 heterocycles. The van der Waals surface area contributed by atoms with E-state index in [9.17, 15) is 14.4 Å². The highest BCUT2D eigenvalue weighted by atomic mass is 16.5. The first-order valence-corrected chi connectivity index (χ1v) is 7.88. The fourth-order valence-corrected chi connectivity index (χ4v) is 3.05. The van der Waals surface area contributed by atoms with Gasteiger partial charge in [0, 0.05) is 30.5 Å². The molecule has 0 radical (unpaired) electrons. The second-order valence-corrected chi connectivity index (χ2v) is 6.16. The quantitative estimate of drug-likeness (QED) is 0.854. The average molecular weight is 319 g/mol. The zero-order valence-corrected chi connectivity index (χ0v) is 13.6. The average Bonchev–Trinajstić information content (AvgIpc) is 3.16. The molecule has 3 amide bonds. The van der Waals surface area contributed by atoms with E-state index in [-0.39, 0.29) is 0 Å². The molecule has 0 aromatic carbocycles. The predicted octanol–water partition coefficient (Wildman–Crippen LogP) is 1.54. The van der Waals surface area contributed by atoms with E-state index >= 15 is 0 Å². The normalized spacial score (nSPS) is 18.7. The summed E-state index contributed by atoms with van der Waals surface area (Å²) in [5.74, 6) is -1.02. The molecule has 1 aliphatic carbocycles. The van der Waals surface area contributed by atoms with Crippen LogP contribution < -0.4 is 5.32 Å². The number of nitrogens with zero attached hydrogens (tertiary/aromatic N) is 2. The summed E-state index contributed by atoms with van der Waals surface area (Å²) in [4.78, 5) is 37.1. The molecule has 1 saturated heterocycles. The lowest BCUT2D eigenvalue weighted by molar-refractivity contribution is -0.136. The maximum Gasteiger partial charge on any atom is 0.340 e. The maximum absolute atomic E-state index is 12.4. The first-order chi connectivity index (χ1) is 10.9. The Morgan fingerprint density at radius 2 is 2.04 bits per heavy atom. The number of nitrogens with one attached hydrogen (secondary N) is 1. The predicted molar refractivity (Wildman–Crippen MR) is 82.2 cm³/mol. The van der Waals surface area contributed by atoms with Gasteiger partial charge in [0.25, 0.3) is 5.91 Å². The molecule has 1 aliphatic heterocycles. The highest BCUT2D eigenvalue weighted by molar-refractivity contribution is 5.99. The summed E-state index contributed by atoms with van der Waals surface area (Å²) in [7, 11) is 0. The number of carbonyl (C=O) groups is 3. The highest BCUT2D eigenvalue weighted by Crippen LogP contribution is 2.38. The topological polar surface area (TPSA) is 80.6 Å². The van der Waals surface area contributed by atoms with Gasteiger partial charge in [0.2, 0.25) is 0 Å². The van der Waals surface area contributed by atoms with Gasteiger partial charge in [-0.2, -0.15) is 0 Å². The van der Waals surface area contributed by atoms with Crippen LogP contribution in [0.4, 0.5) is 4.79 Å². The summed E-state index contributed by atoms with van der Waals surface area (Å²) in [6.07, 6.45) is 1.27. The molecular weight excluding hydrogens is 298 g/mol. The van der Waals surface area contributed by atoms with Gasteiger partial charge in [0.05, 0.1) is 5.56 Å². The van der Waals surface area contributed by atoms with Gasteiger partial charge in [-0.3, -0.25) is 9.69 Å². The molecule has 7 heteroatoms. The minimum absolute atomic E-state index is 0.301. The van der Waals surface area contributed by atoms with Crippen LogP contribution in [0.15, 0.2) is 6.07 Å². The minimum atomic E-state index is -0.990. The summed E-state index contributed by atoms with van der Waals surface area (Å²) in [5.41, 5.74) is 2.38. The molecule has 1 saturated carbocycles. The Kier molecular flexibility index (Phi) is 3.87. The first kappa shape index (κ1) is 15.6. The third-order valence-electron chi connectivity index (χ3n) is 4.37. The molecule has 1 atom stereocenters. The van der Waals surface area contributed by atoms with Crippen molar-refractivity contribution in [3.63, 3.8) is 0 Å². The van der Waals surface area contributed by atoms with E-state index in [4.69, 9.17) is 4.74 Å². The van der Waals surface area contributed by atoms with Gasteiger partial charge in [-0.05, 0) is 39.7 Å². The van der Waals surface area contributed by atoms with Crippen LogP contribution in [0.1, 0.15) is 47.6 Å². The number of hydrogen-bond donors (Lipinski definition) is 1. The SMILES string of the molecule is Cc1cc(C(=O)O[C@@H](C)C(=O)N2CCNC2=O)c(C)n1C1CC1. The fraction of sp³-hybridized carbons (Fsp3) is 0.562. The lowest BCUT2D eigenvalue weighted by Gasteiger charge is -2.18. The summed E-state index contributed by atoms with van der Waals surface area (Å²) in [5, 5.41) is 2.55. The van der Waals surface area contributed by atoms with Crippen molar-refractivity contribution in [2.75, 3.05) is 13.1 Å². The molecular formula is C16H21N3O4. The number of urea groups is 1. The molecule has 2 aliphatic rings. The maximum atomic E-state index is 12.4. The molecule has 0 unspecified atom stereocenters. The van der Waals surface area contributed by atoms with Gasteiger partial charge in [-0.25, -0.2) is 9.59 Å². The number of aryl methyl sites for hydroxylation is 1. The minimum Gasteiger partial charge on any atom is -0.449 e. The van der Waals surface area contributed by atoms with Gasteiger partial charge in [0.15, 0.2) is 6.10 Å². The molecule has 0 spiro atoms. The highest BCUT2D eigenvalue weighted by Gasteiger charge is 2.33. The van der Waals surface area contributed by atoms with E-state index < -0.39 is 24.0 Å². The number of hydrogen-bond acceptors (Lipinski definition) is 4.